The largest absolute Gasteiger partial charge is 0.468 e. The summed E-state index contributed by atoms with van der Waals surface area (Å²) in [4.78, 5) is 12.0. The second-order valence-electron chi connectivity index (χ2n) is 4.79. The van der Waals surface area contributed by atoms with E-state index in [1.165, 1.54) is 6.08 Å². The molecule has 0 aliphatic heterocycles. The minimum Gasteiger partial charge on any atom is -0.468 e. The van der Waals surface area contributed by atoms with Crippen LogP contribution in [0.15, 0.2) is 48.1 Å². The summed E-state index contributed by atoms with van der Waals surface area (Å²) in [5.74, 6) is -1.56. The van der Waals surface area contributed by atoms with Gasteiger partial charge >= 0.3 is 5.97 Å². The topological polar surface area (TPSA) is 104 Å². The number of carbonyl (C=O) groups is 1. The summed E-state index contributed by atoms with van der Waals surface area (Å²) in [5, 5.41) is 8.82. The van der Waals surface area contributed by atoms with Gasteiger partial charge in [0.1, 0.15) is 0 Å². The number of para-hydroxylation sites is 1. The number of esters is 1. The van der Waals surface area contributed by atoms with Crippen LogP contribution in [-0.4, -0.2) is 47.0 Å². The first-order valence-corrected chi connectivity index (χ1v) is 8.26. The van der Waals surface area contributed by atoms with Crippen LogP contribution in [0.2, 0.25) is 0 Å². The Morgan fingerprint density at radius 3 is 2.57 bits per heavy atom. The lowest BCUT2D eigenvalue weighted by Crippen LogP contribution is -2.37. The van der Waals surface area contributed by atoms with Crippen LogP contribution >= 0.6 is 0 Å². The number of tetrazole rings is 1. The minimum atomic E-state index is -4.18. The minimum absolute atomic E-state index is 0.423. The van der Waals surface area contributed by atoms with Crippen LogP contribution in [-0.2, 0) is 19.4 Å². The van der Waals surface area contributed by atoms with Gasteiger partial charge in [0.05, 0.1) is 12.8 Å². The summed E-state index contributed by atoms with van der Waals surface area (Å²) in [5.41, 5.74) is 0.464. The SMILES string of the molecule is C=C[C@H](C)C(C(=O)OC)S(=O)(=O)c1nnnn1-c1ccccc1. The second kappa shape index (κ2) is 6.69. The summed E-state index contributed by atoms with van der Waals surface area (Å²) < 4.78 is 31.4. The lowest BCUT2D eigenvalue weighted by Gasteiger charge is -2.18. The van der Waals surface area contributed by atoms with Crippen molar-refractivity contribution in [3.8, 4) is 5.69 Å². The van der Waals surface area contributed by atoms with Crippen LogP contribution in [0.1, 0.15) is 6.92 Å². The molecule has 0 radical (unpaired) electrons. The molecular weight excluding hydrogens is 320 g/mol. The average molecular weight is 336 g/mol. The number of allylic oxidation sites excluding steroid dienone is 1. The van der Waals surface area contributed by atoms with Crippen molar-refractivity contribution in [2.75, 3.05) is 7.11 Å². The molecule has 23 heavy (non-hydrogen) atoms. The highest BCUT2D eigenvalue weighted by Crippen LogP contribution is 2.23. The number of carbonyl (C=O) groups excluding carboxylic acids is 1. The van der Waals surface area contributed by atoms with E-state index < -0.39 is 32.1 Å². The Morgan fingerprint density at radius 2 is 2.00 bits per heavy atom. The van der Waals surface area contributed by atoms with Gasteiger partial charge in [-0.1, -0.05) is 36.3 Å². The molecule has 0 bridgehead atoms. The van der Waals surface area contributed by atoms with Gasteiger partial charge in [0.15, 0.2) is 5.25 Å². The molecule has 2 aromatic rings. The Hall–Kier alpha value is -2.55. The number of sulfone groups is 1. The van der Waals surface area contributed by atoms with Gasteiger partial charge in [-0.3, -0.25) is 4.79 Å². The first-order chi connectivity index (χ1) is 10.9. The molecule has 2 rings (SSSR count). The van der Waals surface area contributed by atoms with E-state index in [4.69, 9.17) is 0 Å². The molecule has 0 fully saturated rings. The predicted octanol–water partition coefficient (Wildman–Crippen LogP) is 0.800. The van der Waals surface area contributed by atoms with Gasteiger partial charge in [-0.2, -0.15) is 4.68 Å². The molecule has 0 saturated carbocycles. The van der Waals surface area contributed by atoms with Crippen LogP contribution in [0.3, 0.4) is 0 Å². The van der Waals surface area contributed by atoms with Crippen molar-refractivity contribution in [1.29, 1.82) is 0 Å². The number of hydrogen-bond donors (Lipinski definition) is 0. The fraction of sp³-hybridized carbons (Fsp3) is 0.286. The smallest absolute Gasteiger partial charge is 0.325 e. The second-order valence-corrected chi connectivity index (χ2v) is 6.76. The lowest BCUT2D eigenvalue weighted by atomic mass is 10.1. The molecular formula is C14H16N4O4S. The highest BCUT2D eigenvalue weighted by atomic mass is 32.2. The zero-order valence-electron chi connectivity index (χ0n) is 12.7. The van der Waals surface area contributed by atoms with E-state index >= 15 is 0 Å². The Labute approximate surface area is 133 Å². The Morgan fingerprint density at radius 1 is 1.35 bits per heavy atom. The third-order valence-electron chi connectivity index (χ3n) is 3.31. The number of rotatable bonds is 6. The molecule has 2 atom stereocenters. The summed E-state index contributed by atoms with van der Waals surface area (Å²) in [6.07, 6.45) is 1.37. The Kier molecular flexibility index (Phi) is 4.89. The summed E-state index contributed by atoms with van der Waals surface area (Å²) >= 11 is 0. The monoisotopic (exact) mass is 336 g/mol. The quantitative estimate of drug-likeness (QED) is 0.567. The Bertz CT molecular complexity index is 801. The maximum absolute atomic E-state index is 12.9. The fourth-order valence-corrected chi connectivity index (χ4v) is 3.85. The van der Waals surface area contributed by atoms with Gasteiger partial charge < -0.3 is 4.74 Å². The van der Waals surface area contributed by atoms with Gasteiger partial charge in [0.2, 0.25) is 9.84 Å². The lowest BCUT2D eigenvalue weighted by molar-refractivity contribution is -0.140. The number of hydrogen-bond acceptors (Lipinski definition) is 7. The molecule has 0 N–H and O–H groups in total. The van der Waals surface area contributed by atoms with Crippen molar-refractivity contribution in [2.45, 2.75) is 17.3 Å². The molecule has 9 heteroatoms. The van der Waals surface area contributed by atoms with Crippen LogP contribution in [0.5, 0.6) is 0 Å². The summed E-state index contributed by atoms with van der Waals surface area (Å²) in [6, 6.07) is 8.52. The van der Waals surface area contributed by atoms with E-state index in [1.54, 1.807) is 37.3 Å². The van der Waals surface area contributed by atoms with E-state index in [0.717, 1.165) is 11.8 Å². The summed E-state index contributed by atoms with van der Waals surface area (Å²) in [7, 11) is -3.05. The third kappa shape index (κ3) is 3.14. The van der Waals surface area contributed by atoms with Crippen LogP contribution in [0, 0.1) is 5.92 Å². The molecule has 1 aromatic heterocycles. The maximum Gasteiger partial charge on any atom is 0.325 e. The van der Waals surface area contributed by atoms with Crippen LogP contribution in [0.25, 0.3) is 5.69 Å². The van der Waals surface area contributed by atoms with Gasteiger partial charge in [0, 0.05) is 5.92 Å². The molecule has 0 aliphatic rings. The third-order valence-corrected chi connectivity index (χ3v) is 5.37. The molecule has 122 valence electrons. The maximum atomic E-state index is 12.9. The van der Waals surface area contributed by atoms with Crippen LogP contribution in [0.4, 0.5) is 0 Å². The Balaban J connectivity index is 2.58. The van der Waals surface area contributed by atoms with E-state index in [0.29, 0.717) is 5.69 Å². The van der Waals surface area contributed by atoms with Gasteiger partial charge in [-0.25, -0.2) is 8.42 Å². The first-order valence-electron chi connectivity index (χ1n) is 6.71. The van der Waals surface area contributed by atoms with Gasteiger partial charge in [-0.15, -0.1) is 6.58 Å². The van der Waals surface area contributed by atoms with Crippen molar-refractivity contribution < 1.29 is 17.9 Å². The van der Waals surface area contributed by atoms with Gasteiger partial charge in [-0.05, 0) is 22.6 Å². The number of aromatic nitrogens is 4. The zero-order chi connectivity index (χ0) is 17.0. The van der Waals surface area contributed by atoms with Crippen molar-refractivity contribution in [1.82, 2.24) is 20.2 Å². The van der Waals surface area contributed by atoms with E-state index in [-0.39, 0.29) is 0 Å². The molecule has 0 spiro atoms. The molecule has 0 saturated heterocycles. The van der Waals surface area contributed by atoms with E-state index in [1.807, 2.05) is 0 Å². The van der Waals surface area contributed by atoms with Gasteiger partial charge in [0.25, 0.3) is 5.16 Å². The number of ether oxygens (including phenoxy) is 1. The van der Waals surface area contributed by atoms with E-state index in [9.17, 15) is 13.2 Å². The zero-order valence-corrected chi connectivity index (χ0v) is 13.5. The molecule has 1 unspecified atom stereocenters. The fourth-order valence-electron chi connectivity index (χ4n) is 2.06. The van der Waals surface area contributed by atoms with Crippen LogP contribution < -0.4 is 0 Å². The van der Waals surface area contributed by atoms with Crippen molar-refractivity contribution in [2.24, 2.45) is 5.92 Å². The molecule has 1 aromatic carbocycles. The standard InChI is InChI=1S/C14H16N4O4S/c1-4-10(2)12(13(19)22-3)23(20,21)14-15-16-17-18(14)11-8-6-5-7-9-11/h4-10,12H,1H2,2-3H3/t10-,12?/m0/s1. The van der Waals surface area contributed by atoms with Crippen molar-refractivity contribution in [3.63, 3.8) is 0 Å². The molecule has 8 nitrogen and oxygen atoms in total. The number of benzene rings is 1. The summed E-state index contributed by atoms with van der Waals surface area (Å²) in [6.45, 7) is 5.10. The molecule has 0 amide bonds. The molecule has 1 heterocycles. The average Bonchev–Trinajstić information content (AvgIpc) is 3.05. The molecule has 0 aliphatic carbocycles. The number of methoxy groups -OCH3 is 1. The van der Waals surface area contributed by atoms with Crippen molar-refractivity contribution in [3.05, 3.63) is 43.0 Å². The number of nitrogens with zero attached hydrogens (tertiary/aromatic N) is 4. The predicted molar refractivity (Wildman–Crippen MR) is 81.5 cm³/mol. The van der Waals surface area contributed by atoms with E-state index in [2.05, 4.69) is 26.8 Å². The van der Waals surface area contributed by atoms with Crippen molar-refractivity contribution >= 4 is 15.8 Å². The first kappa shape index (κ1) is 16.8. The highest BCUT2D eigenvalue weighted by molar-refractivity contribution is 7.92. The normalized spacial score (nSPS) is 14.0. The highest BCUT2D eigenvalue weighted by Gasteiger charge is 2.42.